The van der Waals surface area contributed by atoms with Crippen LogP contribution >= 0.6 is 0 Å². The number of nitrogens with zero attached hydrogens (tertiary/aromatic N) is 2. The third-order valence-electron chi connectivity index (χ3n) is 5.81. The van der Waals surface area contributed by atoms with Crippen LogP contribution < -0.4 is 14.8 Å². The lowest BCUT2D eigenvalue weighted by atomic mass is 9.74. The molecule has 1 aromatic heterocycles. The Hall–Kier alpha value is -2.83. The highest BCUT2D eigenvalue weighted by Gasteiger charge is 2.35. The van der Waals surface area contributed by atoms with Crippen LogP contribution in [0.25, 0.3) is 5.69 Å². The van der Waals surface area contributed by atoms with Crippen molar-refractivity contribution in [1.82, 2.24) is 15.1 Å². The van der Waals surface area contributed by atoms with Gasteiger partial charge in [0, 0.05) is 23.8 Å². The zero-order chi connectivity index (χ0) is 21.8. The molecule has 0 unspecified atom stereocenters. The van der Waals surface area contributed by atoms with Crippen LogP contribution in [0.1, 0.15) is 43.1 Å². The van der Waals surface area contributed by atoms with Crippen molar-refractivity contribution in [3.8, 4) is 17.2 Å². The largest absolute Gasteiger partial charge is 0.497 e. The summed E-state index contributed by atoms with van der Waals surface area (Å²) in [6.07, 6.45) is 4.04. The molecule has 1 heterocycles. The highest BCUT2D eigenvalue weighted by atomic mass is 16.5. The van der Waals surface area contributed by atoms with Gasteiger partial charge in [0.25, 0.3) is 0 Å². The first kappa shape index (κ1) is 21.4. The summed E-state index contributed by atoms with van der Waals surface area (Å²) in [5, 5.41) is 17.4. The molecule has 31 heavy (non-hydrogen) atoms. The van der Waals surface area contributed by atoms with Gasteiger partial charge < -0.3 is 19.9 Å². The summed E-state index contributed by atoms with van der Waals surface area (Å²) in [5.74, 6) is 1.63. The number of nitrogens with one attached hydrogen (secondary N) is 1. The second kappa shape index (κ2) is 9.12. The minimum atomic E-state index is 0.0145. The van der Waals surface area contributed by atoms with Gasteiger partial charge in [-0.3, -0.25) is 0 Å². The molecule has 0 saturated carbocycles. The molecule has 164 valence electrons. The van der Waals surface area contributed by atoms with Crippen LogP contribution in [0.4, 0.5) is 0 Å². The van der Waals surface area contributed by atoms with Crippen LogP contribution in [0.5, 0.6) is 11.5 Å². The molecule has 0 aliphatic heterocycles. The number of ether oxygens (including phenoxy) is 2. The van der Waals surface area contributed by atoms with Gasteiger partial charge in [0.1, 0.15) is 18.1 Å². The monoisotopic (exact) mass is 421 g/mol. The predicted octanol–water partition coefficient (Wildman–Crippen LogP) is 4.06. The van der Waals surface area contributed by atoms with E-state index in [1.54, 1.807) is 7.11 Å². The fraction of sp³-hybridized carbons (Fsp3) is 0.400. The van der Waals surface area contributed by atoms with Crippen molar-refractivity contribution < 1.29 is 14.6 Å². The van der Waals surface area contributed by atoms with Crippen LogP contribution in [-0.2, 0) is 13.0 Å². The molecule has 6 heteroatoms. The molecule has 1 aliphatic rings. The Balaban J connectivity index is 1.54. The van der Waals surface area contributed by atoms with Crippen molar-refractivity contribution in [2.24, 2.45) is 5.41 Å². The third kappa shape index (κ3) is 4.92. The van der Waals surface area contributed by atoms with Gasteiger partial charge in [-0.15, -0.1) is 0 Å². The van der Waals surface area contributed by atoms with Gasteiger partial charge in [-0.25, -0.2) is 4.68 Å². The van der Waals surface area contributed by atoms with E-state index < -0.39 is 0 Å². The molecular weight excluding hydrogens is 390 g/mol. The maximum absolute atomic E-state index is 8.97. The number of aliphatic hydroxyl groups is 1. The third-order valence-corrected chi connectivity index (χ3v) is 5.81. The van der Waals surface area contributed by atoms with Crippen LogP contribution in [0.3, 0.4) is 0 Å². The zero-order valence-electron chi connectivity index (χ0n) is 18.5. The van der Waals surface area contributed by atoms with Crippen LogP contribution in [-0.4, -0.2) is 35.2 Å². The van der Waals surface area contributed by atoms with Crippen LogP contribution in [0.2, 0.25) is 0 Å². The summed E-state index contributed by atoms with van der Waals surface area (Å²) >= 11 is 0. The van der Waals surface area contributed by atoms with E-state index in [1.165, 1.54) is 11.3 Å². The van der Waals surface area contributed by atoms with Gasteiger partial charge in [-0.05, 0) is 60.2 Å². The maximum atomic E-state index is 8.97. The number of methoxy groups -OCH3 is 1. The van der Waals surface area contributed by atoms with E-state index >= 15 is 0 Å². The van der Waals surface area contributed by atoms with E-state index in [0.29, 0.717) is 6.61 Å². The number of aromatic nitrogens is 2. The minimum absolute atomic E-state index is 0.0145. The molecule has 0 radical (unpaired) electrons. The van der Waals surface area contributed by atoms with Crippen molar-refractivity contribution in [1.29, 1.82) is 0 Å². The van der Waals surface area contributed by atoms with Crippen LogP contribution in [0, 0.1) is 5.41 Å². The summed E-state index contributed by atoms with van der Waals surface area (Å²) in [6, 6.07) is 16.3. The summed E-state index contributed by atoms with van der Waals surface area (Å²) in [6.45, 7) is 5.70. The van der Waals surface area contributed by atoms with E-state index in [2.05, 4.69) is 29.9 Å². The Labute approximate surface area is 183 Å². The number of hydrogen-bond donors (Lipinski definition) is 2. The molecule has 0 spiro atoms. The minimum Gasteiger partial charge on any atom is -0.497 e. The van der Waals surface area contributed by atoms with Crippen molar-refractivity contribution in [3.63, 3.8) is 0 Å². The Morgan fingerprint density at radius 3 is 2.71 bits per heavy atom. The number of hydrogen-bond acceptors (Lipinski definition) is 5. The summed E-state index contributed by atoms with van der Waals surface area (Å²) in [4.78, 5) is 0. The van der Waals surface area contributed by atoms with Gasteiger partial charge in [0.2, 0.25) is 0 Å². The average molecular weight is 422 g/mol. The normalized spacial score (nSPS) is 17.2. The molecule has 3 aromatic rings. The number of rotatable bonds is 8. The lowest BCUT2D eigenvalue weighted by Gasteiger charge is -2.36. The molecule has 2 aromatic carbocycles. The standard InChI is InChI=1S/C25H31N3O3/c1-25(2)14-23(26-16-18-5-4-6-21(13-18)31-12-11-29)22-17-27-28(24(22)15-25)19-7-9-20(30-3)10-8-19/h4-10,13,17,23,26,29H,11-12,14-16H2,1-3H3/t23-/m0/s1. The fourth-order valence-corrected chi connectivity index (χ4v) is 4.32. The molecule has 0 saturated heterocycles. The molecule has 0 bridgehead atoms. The molecule has 1 aliphatic carbocycles. The molecule has 1 atom stereocenters. The molecule has 2 N–H and O–H groups in total. The summed E-state index contributed by atoms with van der Waals surface area (Å²) < 4.78 is 12.9. The second-order valence-electron chi connectivity index (χ2n) is 8.85. The second-order valence-corrected chi connectivity index (χ2v) is 8.85. The van der Waals surface area contributed by atoms with E-state index in [1.807, 2.05) is 48.7 Å². The highest BCUT2D eigenvalue weighted by Crippen LogP contribution is 2.41. The lowest BCUT2D eigenvalue weighted by Crippen LogP contribution is -2.33. The van der Waals surface area contributed by atoms with E-state index in [4.69, 9.17) is 19.7 Å². The summed E-state index contributed by atoms with van der Waals surface area (Å²) in [5.41, 5.74) is 4.90. The fourth-order valence-electron chi connectivity index (χ4n) is 4.32. The lowest BCUT2D eigenvalue weighted by molar-refractivity contribution is 0.201. The average Bonchev–Trinajstić information content (AvgIpc) is 3.19. The quantitative estimate of drug-likeness (QED) is 0.574. The molecule has 4 rings (SSSR count). The number of fused-ring (bicyclic) bond motifs is 1. The van der Waals surface area contributed by atoms with E-state index in [0.717, 1.165) is 42.1 Å². The number of benzene rings is 2. The summed E-state index contributed by atoms with van der Waals surface area (Å²) in [7, 11) is 1.68. The van der Waals surface area contributed by atoms with Gasteiger partial charge in [-0.2, -0.15) is 5.10 Å². The van der Waals surface area contributed by atoms with Gasteiger partial charge in [0.05, 0.1) is 25.6 Å². The first-order chi connectivity index (χ1) is 15.0. The Kier molecular flexibility index (Phi) is 6.30. The molecule has 0 fully saturated rings. The predicted molar refractivity (Wildman–Crippen MR) is 121 cm³/mol. The van der Waals surface area contributed by atoms with Gasteiger partial charge >= 0.3 is 0 Å². The molecule has 6 nitrogen and oxygen atoms in total. The molecule has 0 amide bonds. The van der Waals surface area contributed by atoms with Crippen LogP contribution in [0.15, 0.2) is 54.7 Å². The smallest absolute Gasteiger partial charge is 0.119 e. The highest BCUT2D eigenvalue weighted by molar-refractivity contribution is 5.41. The molecular formula is C25H31N3O3. The Morgan fingerprint density at radius 2 is 1.97 bits per heavy atom. The Morgan fingerprint density at radius 1 is 1.16 bits per heavy atom. The van der Waals surface area contributed by atoms with E-state index in [-0.39, 0.29) is 18.1 Å². The van der Waals surface area contributed by atoms with Gasteiger partial charge in [0.15, 0.2) is 0 Å². The number of aliphatic hydroxyl groups excluding tert-OH is 1. The Bertz CT molecular complexity index is 1010. The van der Waals surface area contributed by atoms with E-state index in [9.17, 15) is 0 Å². The SMILES string of the molecule is COc1ccc(-n2ncc3c2CC(C)(C)C[C@@H]3NCc2cccc(OCCO)c2)cc1. The first-order valence-electron chi connectivity index (χ1n) is 10.8. The topological polar surface area (TPSA) is 68.5 Å². The van der Waals surface area contributed by atoms with Crippen molar-refractivity contribution in [2.45, 2.75) is 39.3 Å². The maximum Gasteiger partial charge on any atom is 0.119 e. The first-order valence-corrected chi connectivity index (χ1v) is 10.8. The van der Waals surface area contributed by atoms with Crippen molar-refractivity contribution >= 4 is 0 Å². The zero-order valence-corrected chi connectivity index (χ0v) is 18.5. The van der Waals surface area contributed by atoms with Gasteiger partial charge in [-0.1, -0.05) is 26.0 Å². The van der Waals surface area contributed by atoms with Crippen molar-refractivity contribution in [3.05, 3.63) is 71.5 Å². The van der Waals surface area contributed by atoms with Crippen molar-refractivity contribution in [2.75, 3.05) is 20.3 Å².